The second-order valence-corrected chi connectivity index (χ2v) is 9.89. The van der Waals surface area contributed by atoms with Crippen molar-refractivity contribution in [1.82, 2.24) is 14.5 Å². The summed E-state index contributed by atoms with van der Waals surface area (Å²) in [6.45, 7) is 6.65. The minimum absolute atomic E-state index is 0.284. The molecule has 1 aromatic heterocycles. The van der Waals surface area contributed by atoms with Gasteiger partial charge in [-0.25, -0.2) is 8.42 Å². The summed E-state index contributed by atoms with van der Waals surface area (Å²) in [7, 11) is -3.65. The summed E-state index contributed by atoms with van der Waals surface area (Å²) in [4.78, 5) is 4.47. The first-order valence-electron chi connectivity index (χ1n) is 8.07. The molecule has 2 heterocycles. The van der Waals surface area contributed by atoms with Crippen molar-refractivity contribution >= 4 is 27.0 Å². The van der Waals surface area contributed by atoms with Gasteiger partial charge in [-0.1, -0.05) is 45.4 Å². The van der Waals surface area contributed by atoms with Gasteiger partial charge in [-0.2, -0.15) is 5.10 Å². The van der Waals surface area contributed by atoms with E-state index >= 15 is 0 Å². The van der Waals surface area contributed by atoms with Crippen molar-refractivity contribution in [2.24, 2.45) is 4.99 Å². The lowest BCUT2D eigenvalue weighted by molar-refractivity contribution is 0.448. The van der Waals surface area contributed by atoms with Crippen LogP contribution in [0.4, 0.5) is 0 Å². The summed E-state index contributed by atoms with van der Waals surface area (Å²) in [6.07, 6.45) is 6.22. The maximum atomic E-state index is 12.8. The van der Waals surface area contributed by atoms with Crippen LogP contribution in [0.25, 0.3) is 0 Å². The van der Waals surface area contributed by atoms with Crippen LogP contribution in [-0.2, 0) is 15.4 Å². The molecule has 0 atom stereocenters. The van der Waals surface area contributed by atoms with Gasteiger partial charge >= 0.3 is 0 Å². The predicted octanol–water partition coefficient (Wildman–Crippen LogP) is 2.68. The van der Waals surface area contributed by atoms with Crippen LogP contribution in [0.5, 0.6) is 0 Å². The molecule has 1 N–H and O–H groups in total. The van der Waals surface area contributed by atoms with Crippen LogP contribution in [0.1, 0.15) is 58.2 Å². The number of nitrogens with one attached hydrogen (secondary N) is 1. The van der Waals surface area contributed by atoms with E-state index in [1.807, 2.05) is 25.5 Å². The first kappa shape index (κ1) is 16.8. The minimum atomic E-state index is -3.65. The first-order valence-corrected chi connectivity index (χ1v) is 10.5. The van der Waals surface area contributed by atoms with Crippen molar-refractivity contribution in [2.45, 2.75) is 62.8 Å². The average Bonchev–Trinajstić information content (AvgIpc) is 3.18. The molecular formula is C15H24N4O2S2. The Labute approximate surface area is 142 Å². The Morgan fingerprint density at radius 3 is 2.57 bits per heavy atom. The molecule has 6 nitrogen and oxygen atoms in total. The summed E-state index contributed by atoms with van der Waals surface area (Å²) in [5, 5.41) is 5.14. The molecule has 0 radical (unpaired) electrons. The molecule has 0 bridgehead atoms. The zero-order valence-electron chi connectivity index (χ0n) is 13.9. The molecule has 23 heavy (non-hydrogen) atoms. The van der Waals surface area contributed by atoms with Crippen LogP contribution >= 0.6 is 11.8 Å². The van der Waals surface area contributed by atoms with E-state index in [0.29, 0.717) is 23.4 Å². The standard InChI is InChI=1S/C15H24N4O2S2/c1-15(2,3)13-12(10-19(17-13)11-6-4-5-7-11)23(20,21)18-14-16-8-9-22-14/h10-11H,4-9H2,1-3H3,(H,16,18). The fraction of sp³-hybridized carbons (Fsp3) is 0.733. The van der Waals surface area contributed by atoms with Crippen LogP contribution in [-0.4, -0.2) is 35.7 Å². The molecular weight excluding hydrogens is 332 g/mol. The summed E-state index contributed by atoms with van der Waals surface area (Å²) in [5.74, 6) is 0.825. The van der Waals surface area contributed by atoms with E-state index in [0.717, 1.165) is 18.6 Å². The van der Waals surface area contributed by atoms with Crippen molar-refractivity contribution in [3.05, 3.63) is 11.9 Å². The minimum Gasteiger partial charge on any atom is -0.268 e. The number of hydrogen-bond donors (Lipinski definition) is 1. The highest BCUT2D eigenvalue weighted by molar-refractivity contribution is 8.15. The number of nitrogens with zero attached hydrogens (tertiary/aromatic N) is 3. The van der Waals surface area contributed by atoms with Crippen molar-refractivity contribution in [1.29, 1.82) is 0 Å². The van der Waals surface area contributed by atoms with E-state index in [9.17, 15) is 8.42 Å². The molecule has 1 saturated carbocycles. The van der Waals surface area contributed by atoms with E-state index in [1.165, 1.54) is 24.6 Å². The molecule has 0 amide bonds. The van der Waals surface area contributed by atoms with Gasteiger partial charge in [0.15, 0.2) is 5.17 Å². The number of thioether (sulfide) groups is 1. The third kappa shape index (κ3) is 3.57. The lowest BCUT2D eigenvalue weighted by Crippen LogP contribution is -2.29. The molecule has 0 saturated heterocycles. The van der Waals surface area contributed by atoms with Gasteiger partial charge in [0, 0.05) is 17.4 Å². The third-order valence-corrected chi connectivity index (χ3v) is 6.56. The van der Waals surface area contributed by atoms with Gasteiger partial charge in [0.25, 0.3) is 10.0 Å². The van der Waals surface area contributed by atoms with Crippen LogP contribution in [0.15, 0.2) is 16.1 Å². The number of rotatable bonds is 3. The lowest BCUT2D eigenvalue weighted by atomic mass is 9.92. The Bertz CT molecular complexity index is 710. The molecule has 1 aliphatic carbocycles. The Morgan fingerprint density at radius 2 is 2.00 bits per heavy atom. The van der Waals surface area contributed by atoms with Crippen LogP contribution in [0.3, 0.4) is 0 Å². The monoisotopic (exact) mass is 356 g/mol. The van der Waals surface area contributed by atoms with E-state index in [-0.39, 0.29) is 10.3 Å². The van der Waals surface area contributed by atoms with Crippen molar-refractivity contribution < 1.29 is 8.42 Å². The normalized spacial score (nSPS) is 20.0. The largest absolute Gasteiger partial charge is 0.268 e. The van der Waals surface area contributed by atoms with E-state index in [4.69, 9.17) is 0 Å². The predicted molar refractivity (Wildman–Crippen MR) is 93.5 cm³/mol. The SMILES string of the molecule is CC(C)(C)c1nn(C2CCCC2)cc1S(=O)(=O)NC1=NCCS1. The Morgan fingerprint density at radius 1 is 1.30 bits per heavy atom. The first-order chi connectivity index (χ1) is 10.8. The van der Waals surface area contributed by atoms with Gasteiger partial charge in [-0.05, 0) is 12.8 Å². The third-order valence-electron chi connectivity index (χ3n) is 4.20. The number of aromatic nitrogens is 2. The quantitative estimate of drug-likeness (QED) is 0.903. The highest BCUT2D eigenvalue weighted by Crippen LogP contribution is 2.33. The second kappa shape index (κ2) is 6.12. The van der Waals surface area contributed by atoms with Gasteiger partial charge in [-0.15, -0.1) is 0 Å². The molecule has 3 rings (SSSR count). The average molecular weight is 357 g/mol. The Kier molecular flexibility index (Phi) is 4.48. The van der Waals surface area contributed by atoms with Crippen molar-refractivity contribution in [3.8, 4) is 0 Å². The lowest BCUT2D eigenvalue weighted by Gasteiger charge is -2.18. The second-order valence-electron chi connectivity index (χ2n) is 7.15. The van der Waals surface area contributed by atoms with Gasteiger partial charge in [-0.3, -0.25) is 14.4 Å². The van der Waals surface area contributed by atoms with Crippen molar-refractivity contribution in [2.75, 3.05) is 12.3 Å². The smallest absolute Gasteiger partial charge is 0.266 e. The maximum Gasteiger partial charge on any atom is 0.266 e. The van der Waals surface area contributed by atoms with Crippen LogP contribution in [0, 0.1) is 0 Å². The number of hydrogen-bond acceptors (Lipinski definition) is 5. The molecule has 1 fully saturated rings. The molecule has 128 valence electrons. The number of sulfonamides is 1. The Balaban J connectivity index is 1.98. The topological polar surface area (TPSA) is 76.3 Å². The number of amidine groups is 1. The van der Waals surface area contributed by atoms with Gasteiger partial charge in [0.05, 0.1) is 18.3 Å². The van der Waals surface area contributed by atoms with Gasteiger partial charge < -0.3 is 0 Å². The molecule has 8 heteroatoms. The molecule has 1 aromatic rings. The zero-order valence-corrected chi connectivity index (χ0v) is 15.5. The molecule has 0 aromatic carbocycles. The fourth-order valence-corrected chi connectivity index (χ4v) is 5.39. The summed E-state index contributed by atoms with van der Waals surface area (Å²) >= 11 is 1.44. The van der Waals surface area contributed by atoms with Gasteiger partial charge in [0.2, 0.25) is 0 Å². The van der Waals surface area contributed by atoms with Crippen LogP contribution in [0.2, 0.25) is 0 Å². The molecule has 0 spiro atoms. The molecule has 0 unspecified atom stereocenters. The van der Waals surface area contributed by atoms with E-state index in [2.05, 4.69) is 14.8 Å². The molecule has 2 aliphatic rings. The molecule has 1 aliphatic heterocycles. The zero-order chi connectivity index (χ0) is 16.7. The Hall–Kier alpha value is -1.02. The van der Waals surface area contributed by atoms with Crippen molar-refractivity contribution in [3.63, 3.8) is 0 Å². The van der Waals surface area contributed by atoms with E-state index in [1.54, 1.807) is 6.20 Å². The summed E-state index contributed by atoms with van der Waals surface area (Å²) in [6, 6.07) is 0.318. The highest BCUT2D eigenvalue weighted by atomic mass is 32.2. The van der Waals surface area contributed by atoms with E-state index < -0.39 is 10.0 Å². The number of aliphatic imine (C=N–C) groups is 1. The maximum absolute atomic E-state index is 12.8. The fourth-order valence-electron chi connectivity index (χ4n) is 3.01. The summed E-state index contributed by atoms with van der Waals surface area (Å²) < 4.78 is 30.1. The van der Waals surface area contributed by atoms with Gasteiger partial charge in [0.1, 0.15) is 4.90 Å². The highest BCUT2D eigenvalue weighted by Gasteiger charge is 2.32. The van der Waals surface area contributed by atoms with Crippen LogP contribution < -0.4 is 4.72 Å². The summed E-state index contributed by atoms with van der Waals surface area (Å²) in [5.41, 5.74) is 0.291.